The van der Waals surface area contributed by atoms with Crippen LogP contribution in [-0.4, -0.2) is 0 Å². The molecule has 0 nitrogen and oxygen atoms in total. The van der Waals surface area contributed by atoms with Crippen molar-refractivity contribution in [2.24, 2.45) is 0 Å². The van der Waals surface area contributed by atoms with E-state index in [4.69, 9.17) is 0 Å². The molecular formula is C6H15ClHf. The quantitative estimate of drug-likeness (QED) is 0.419. The largest absolute Gasteiger partial charge is 4.00 e. The third-order valence-corrected chi connectivity index (χ3v) is 0. The summed E-state index contributed by atoms with van der Waals surface area (Å²) in [5.74, 6) is 0. The Balaban J connectivity index is -0.00000000500. The van der Waals surface area contributed by atoms with Crippen LogP contribution in [0.3, 0.4) is 0 Å². The summed E-state index contributed by atoms with van der Waals surface area (Å²) in [6, 6.07) is 0. The fourth-order valence-electron chi connectivity index (χ4n) is 0. The van der Waals surface area contributed by atoms with E-state index in [1.807, 2.05) is 0 Å². The third-order valence-electron chi connectivity index (χ3n) is 0. The van der Waals surface area contributed by atoms with Crippen LogP contribution in [0.25, 0.3) is 0 Å². The summed E-state index contributed by atoms with van der Waals surface area (Å²) in [6.45, 7) is 15.0. The minimum absolute atomic E-state index is 0. The molecule has 0 radical (unpaired) electrons. The fourth-order valence-corrected chi connectivity index (χ4v) is 0. The minimum atomic E-state index is 0. The molecule has 0 rings (SSSR count). The van der Waals surface area contributed by atoms with Crippen molar-refractivity contribution in [3.8, 4) is 0 Å². The number of hydrogen-bond donors (Lipinski definition) is 0. The first kappa shape index (κ1) is 35.2. The smallest absolute Gasteiger partial charge is 1.00 e. The Bertz CT molecular complexity index is 8.49. The van der Waals surface area contributed by atoms with Crippen LogP contribution in [0.15, 0.2) is 0 Å². The van der Waals surface area contributed by atoms with E-state index in [1.54, 1.807) is 20.8 Å². The number of rotatable bonds is 0. The normalized spacial score (nSPS) is 2.25. The molecule has 50 valence electrons. The van der Waals surface area contributed by atoms with Gasteiger partial charge in [-0.1, -0.05) is 0 Å². The van der Waals surface area contributed by atoms with Crippen LogP contribution in [0.2, 0.25) is 0 Å². The van der Waals surface area contributed by atoms with Crippen molar-refractivity contribution in [1.82, 2.24) is 0 Å². The van der Waals surface area contributed by atoms with Gasteiger partial charge in [0.15, 0.2) is 0 Å². The molecule has 0 unspecified atom stereocenters. The summed E-state index contributed by atoms with van der Waals surface area (Å²) in [7, 11) is 0. The zero-order valence-corrected chi connectivity index (χ0v) is 10.3. The maximum Gasteiger partial charge on any atom is 4.00 e. The van der Waals surface area contributed by atoms with Crippen molar-refractivity contribution in [3.05, 3.63) is 20.8 Å². The molecule has 0 amide bonds. The van der Waals surface area contributed by atoms with Gasteiger partial charge in [-0.25, -0.2) is 0 Å². The molecular weight excluding hydrogens is 286 g/mol. The van der Waals surface area contributed by atoms with Gasteiger partial charge in [0.1, 0.15) is 0 Å². The molecule has 0 aliphatic rings. The maximum absolute atomic E-state index is 3.25. The Kier molecular flexibility index (Phi) is 1370. The third kappa shape index (κ3) is 202. The Labute approximate surface area is 79.6 Å². The van der Waals surface area contributed by atoms with E-state index in [9.17, 15) is 0 Å². The summed E-state index contributed by atoms with van der Waals surface area (Å²) >= 11 is 0. The first-order valence-electron chi connectivity index (χ1n) is 2.12. The van der Waals surface area contributed by atoms with Crippen molar-refractivity contribution < 1.29 is 38.3 Å². The molecule has 0 atom stereocenters. The second-order valence-electron chi connectivity index (χ2n) is 0. The van der Waals surface area contributed by atoms with Gasteiger partial charge < -0.3 is 33.2 Å². The van der Waals surface area contributed by atoms with Crippen LogP contribution in [0.1, 0.15) is 20.8 Å². The van der Waals surface area contributed by atoms with Gasteiger partial charge in [-0.05, 0) is 0 Å². The maximum atomic E-state index is 3.25. The second-order valence-corrected chi connectivity index (χ2v) is 0. The number of halogens is 1. The average Bonchev–Trinajstić information content (AvgIpc) is 1.81. The molecule has 0 N–H and O–H groups in total. The molecule has 0 aromatic heterocycles. The van der Waals surface area contributed by atoms with Gasteiger partial charge in [0.05, 0.1) is 0 Å². The molecule has 0 bridgehead atoms. The first-order valence-corrected chi connectivity index (χ1v) is 2.12. The standard InChI is InChI=1S/3C2H5.ClH.Hf/c3*1-2;;/h3*1H2,2H3;1H;/q3*-1;;+4/p-1. The van der Waals surface area contributed by atoms with Crippen LogP contribution in [-0.2, 0) is 25.8 Å². The van der Waals surface area contributed by atoms with Gasteiger partial charge >= 0.3 is 25.8 Å². The summed E-state index contributed by atoms with van der Waals surface area (Å²) in [5, 5.41) is 0. The fraction of sp³-hybridized carbons (Fsp3) is 0.500. The predicted molar refractivity (Wildman–Crippen MR) is 33.1 cm³/mol. The summed E-state index contributed by atoms with van der Waals surface area (Å²) < 4.78 is 0. The van der Waals surface area contributed by atoms with Crippen LogP contribution >= 0.6 is 0 Å². The van der Waals surface area contributed by atoms with Gasteiger partial charge in [0, 0.05) is 0 Å². The first-order chi connectivity index (χ1) is 3.00. The minimum Gasteiger partial charge on any atom is -1.00 e. The van der Waals surface area contributed by atoms with Gasteiger partial charge in [-0.15, -0.1) is 0 Å². The Morgan fingerprint density at radius 1 is 0.625 bits per heavy atom. The van der Waals surface area contributed by atoms with Gasteiger partial charge in [0.25, 0.3) is 0 Å². The van der Waals surface area contributed by atoms with E-state index in [0.29, 0.717) is 0 Å². The van der Waals surface area contributed by atoms with Crippen molar-refractivity contribution in [2.75, 3.05) is 0 Å². The summed E-state index contributed by atoms with van der Waals surface area (Å²) in [4.78, 5) is 0. The van der Waals surface area contributed by atoms with E-state index in [2.05, 4.69) is 20.8 Å². The zero-order chi connectivity index (χ0) is 6.00. The molecule has 0 saturated carbocycles. The predicted octanol–water partition coefficient (Wildman–Crippen LogP) is -0.477. The Hall–Kier alpha value is 1.16. The molecule has 0 aliphatic carbocycles. The van der Waals surface area contributed by atoms with E-state index in [1.165, 1.54) is 0 Å². The molecule has 0 heterocycles. The van der Waals surface area contributed by atoms with E-state index in [0.717, 1.165) is 0 Å². The molecule has 0 aromatic rings. The summed E-state index contributed by atoms with van der Waals surface area (Å²) in [5.41, 5.74) is 0. The van der Waals surface area contributed by atoms with E-state index >= 15 is 0 Å². The van der Waals surface area contributed by atoms with Crippen LogP contribution in [0.4, 0.5) is 0 Å². The van der Waals surface area contributed by atoms with E-state index < -0.39 is 0 Å². The van der Waals surface area contributed by atoms with Crippen LogP contribution in [0, 0.1) is 20.8 Å². The Morgan fingerprint density at radius 3 is 0.625 bits per heavy atom. The molecule has 0 saturated heterocycles. The molecule has 0 fully saturated rings. The average molecular weight is 301 g/mol. The molecule has 0 aromatic carbocycles. The molecule has 8 heavy (non-hydrogen) atoms. The van der Waals surface area contributed by atoms with Crippen molar-refractivity contribution in [2.45, 2.75) is 20.8 Å². The molecule has 2 heteroatoms. The molecule has 0 spiro atoms. The van der Waals surface area contributed by atoms with Gasteiger partial charge in [-0.3, -0.25) is 0 Å². The van der Waals surface area contributed by atoms with E-state index in [-0.39, 0.29) is 38.3 Å². The van der Waals surface area contributed by atoms with Crippen LogP contribution in [0.5, 0.6) is 0 Å². The van der Waals surface area contributed by atoms with Crippen molar-refractivity contribution in [3.63, 3.8) is 0 Å². The Morgan fingerprint density at radius 2 is 0.625 bits per heavy atom. The van der Waals surface area contributed by atoms with Gasteiger partial charge in [-0.2, -0.15) is 20.8 Å². The van der Waals surface area contributed by atoms with Crippen molar-refractivity contribution in [1.29, 1.82) is 0 Å². The topological polar surface area (TPSA) is 0 Å². The van der Waals surface area contributed by atoms with Crippen LogP contribution < -0.4 is 12.4 Å². The SMILES string of the molecule is [CH2-]C.[CH2-]C.[CH2-]C.[Cl-].[Hf+4]. The zero-order valence-electron chi connectivity index (χ0n) is 6.00. The van der Waals surface area contributed by atoms with Crippen molar-refractivity contribution >= 4 is 0 Å². The number of hydrogen-bond acceptors (Lipinski definition) is 0. The monoisotopic (exact) mass is 302 g/mol. The summed E-state index contributed by atoms with van der Waals surface area (Å²) in [6.07, 6.45) is 0. The van der Waals surface area contributed by atoms with Gasteiger partial charge in [0.2, 0.25) is 0 Å². The molecule has 0 aliphatic heterocycles. The second kappa shape index (κ2) is 311.